The molecule has 0 aliphatic rings. The van der Waals surface area contributed by atoms with Crippen molar-refractivity contribution >= 4 is 21.7 Å². The minimum Gasteiger partial charge on any atom is -0.370 e. The average molecular weight is 311 g/mol. The van der Waals surface area contributed by atoms with Gasteiger partial charge in [0.05, 0.1) is 5.69 Å². The summed E-state index contributed by atoms with van der Waals surface area (Å²) in [6.07, 6.45) is 0. The topological polar surface area (TPSA) is 68.5 Å². The maximum Gasteiger partial charge on any atom is 0.157 e. The zero-order valence-electron chi connectivity index (χ0n) is 10.8. The molecular formula is C11H15BrN6. The van der Waals surface area contributed by atoms with Crippen molar-refractivity contribution in [2.75, 3.05) is 11.9 Å². The first-order valence-corrected chi connectivity index (χ1v) is 6.48. The van der Waals surface area contributed by atoms with Crippen molar-refractivity contribution < 1.29 is 0 Å². The van der Waals surface area contributed by atoms with E-state index >= 15 is 0 Å². The van der Waals surface area contributed by atoms with E-state index in [1.807, 2.05) is 27.8 Å². The summed E-state index contributed by atoms with van der Waals surface area (Å²) in [5.74, 6) is 1.58. The Bertz CT molecular complexity index is 558. The molecule has 2 rings (SSSR count). The van der Waals surface area contributed by atoms with E-state index in [-0.39, 0.29) is 0 Å². The van der Waals surface area contributed by atoms with Gasteiger partial charge in [-0.25, -0.2) is 14.6 Å². The lowest BCUT2D eigenvalue weighted by atomic mass is 10.2. The number of nitrogens with zero attached hydrogens (tertiary/aromatic N) is 5. The summed E-state index contributed by atoms with van der Waals surface area (Å²) >= 11 is 3.40. The monoisotopic (exact) mass is 310 g/mol. The van der Waals surface area contributed by atoms with E-state index in [1.165, 1.54) is 0 Å². The molecule has 0 fully saturated rings. The molecule has 7 heteroatoms. The summed E-state index contributed by atoms with van der Waals surface area (Å²) in [4.78, 5) is 8.90. The van der Waals surface area contributed by atoms with Gasteiger partial charge in [0, 0.05) is 19.2 Å². The Morgan fingerprint density at radius 1 is 1.28 bits per heavy atom. The maximum atomic E-state index is 4.50. The summed E-state index contributed by atoms with van der Waals surface area (Å²) < 4.78 is 2.39. The fourth-order valence-electron chi connectivity index (χ4n) is 1.78. The largest absolute Gasteiger partial charge is 0.370 e. The van der Waals surface area contributed by atoms with Crippen LogP contribution in [0.15, 0.2) is 4.60 Å². The van der Waals surface area contributed by atoms with Crippen LogP contribution in [0.2, 0.25) is 0 Å². The lowest BCUT2D eigenvalue weighted by Crippen LogP contribution is -2.07. The first kappa shape index (κ1) is 12.9. The fourth-order valence-corrected chi connectivity index (χ4v) is 2.30. The van der Waals surface area contributed by atoms with Crippen LogP contribution in [0.1, 0.15) is 18.3 Å². The van der Waals surface area contributed by atoms with E-state index in [9.17, 15) is 0 Å². The molecule has 0 bridgehead atoms. The van der Waals surface area contributed by atoms with Crippen LogP contribution in [-0.4, -0.2) is 31.5 Å². The molecule has 0 saturated heterocycles. The predicted octanol–water partition coefficient (Wildman–Crippen LogP) is 2.08. The van der Waals surface area contributed by atoms with Gasteiger partial charge in [-0.3, -0.25) is 0 Å². The second-order valence-electron chi connectivity index (χ2n) is 3.98. The minimum atomic E-state index is 0.689. The predicted molar refractivity (Wildman–Crippen MR) is 73.4 cm³/mol. The zero-order chi connectivity index (χ0) is 13.3. The van der Waals surface area contributed by atoms with Crippen molar-refractivity contribution in [3.05, 3.63) is 16.0 Å². The summed E-state index contributed by atoms with van der Waals surface area (Å²) in [5, 5.41) is 11.2. The molecule has 18 heavy (non-hydrogen) atoms. The molecule has 0 radical (unpaired) electrons. The number of nitrogens with one attached hydrogen (secondary N) is 1. The Balaban J connectivity index is 2.64. The summed E-state index contributed by atoms with van der Waals surface area (Å²) in [5.41, 5.74) is 2.70. The lowest BCUT2D eigenvalue weighted by molar-refractivity contribution is 0.717. The van der Waals surface area contributed by atoms with Crippen LogP contribution < -0.4 is 5.32 Å². The number of hydrogen-bond acceptors (Lipinski definition) is 5. The van der Waals surface area contributed by atoms with E-state index < -0.39 is 0 Å². The van der Waals surface area contributed by atoms with E-state index in [1.54, 1.807) is 4.68 Å². The molecule has 0 spiro atoms. The van der Waals surface area contributed by atoms with Gasteiger partial charge in [0.25, 0.3) is 0 Å². The third kappa shape index (κ3) is 2.22. The van der Waals surface area contributed by atoms with Crippen molar-refractivity contribution in [1.82, 2.24) is 25.0 Å². The van der Waals surface area contributed by atoms with Gasteiger partial charge >= 0.3 is 0 Å². The number of hydrogen-bond donors (Lipinski definition) is 1. The molecule has 1 N–H and O–H groups in total. The SMILES string of the molecule is CCNc1nc(C)nc(-c2c(Br)nnn2C)c1C. The molecular weight excluding hydrogens is 296 g/mol. The van der Waals surface area contributed by atoms with Gasteiger partial charge in [0.1, 0.15) is 17.3 Å². The minimum absolute atomic E-state index is 0.689. The van der Waals surface area contributed by atoms with Crippen LogP contribution >= 0.6 is 15.9 Å². The average Bonchev–Trinajstić information content (AvgIpc) is 2.64. The maximum absolute atomic E-state index is 4.50. The van der Waals surface area contributed by atoms with Gasteiger partial charge in [0.2, 0.25) is 0 Å². The quantitative estimate of drug-likeness (QED) is 0.940. The summed E-state index contributed by atoms with van der Waals surface area (Å²) in [6.45, 7) is 6.73. The van der Waals surface area contributed by atoms with Crippen molar-refractivity contribution in [3.63, 3.8) is 0 Å². The third-order valence-corrected chi connectivity index (χ3v) is 3.15. The van der Waals surface area contributed by atoms with Crippen LogP contribution in [0.5, 0.6) is 0 Å². The highest BCUT2D eigenvalue weighted by Gasteiger charge is 2.17. The van der Waals surface area contributed by atoms with Crippen LogP contribution in [-0.2, 0) is 7.05 Å². The first-order valence-electron chi connectivity index (χ1n) is 5.69. The highest BCUT2D eigenvalue weighted by Crippen LogP contribution is 2.29. The lowest BCUT2D eigenvalue weighted by Gasteiger charge is -2.12. The molecule has 0 atom stereocenters. The third-order valence-electron chi connectivity index (χ3n) is 2.61. The van der Waals surface area contributed by atoms with Crippen molar-refractivity contribution in [3.8, 4) is 11.4 Å². The fraction of sp³-hybridized carbons (Fsp3) is 0.455. The Kier molecular flexibility index (Phi) is 3.60. The molecule has 2 aromatic rings. The molecule has 2 heterocycles. The van der Waals surface area contributed by atoms with Gasteiger partial charge in [0.15, 0.2) is 4.60 Å². The van der Waals surface area contributed by atoms with Crippen LogP contribution in [0.3, 0.4) is 0 Å². The van der Waals surface area contributed by atoms with E-state index in [0.29, 0.717) is 4.60 Å². The molecule has 6 nitrogen and oxygen atoms in total. The van der Waals surface area contributed by atoms with Crippen LogP contribution in [0, 0.1) is 13.8 Å². The highest BCUT2D eigenvalue weighted by atomic mass is 79.9. The molecule has 0 saturated carbocycles. The van der Waals surface area contributed by atoms with E-state index in [0.717, 1.165) is 35.1 Å². The first-order chi connectivity index (χ1) is 8.54. The Morgan fingerprint density at radius 3 is 2.56 bits per heavy atom. The Morgan fingerprint density at radius 2 is 2.00 bits per heavy atom. The van der Waals surface area contributed by atoms with Crippen LogP contribution in [0.25, 0.3) is 11.4 Å². The van der Waals surface area contributed by atoms with E-state index in [2.05, 4.69) is 41.5 Å². The number of rotatable bonds is 3. The van der Waals surface area contributed by atoms with Gasteiger partial charge < -0.3 is 5.32 Å². The van der Waals surface area contributed by atoms with E-state index in [4.69, 9.17) is 0 Å². The number of halogens is 1. The number of anilines is 1. The van der Waals surface area contributed by atoms with Gasteiger partial charge in [-0.15, -0.1) is 5.10 Å². The molecule has 0 aliphatic carbocycles. The van der Waals surface area contributed by atoms with Gasteiger partial charge in [-0.2, -0.15) is 0 Å². The molecule has 0 aromatic carbocycles. The molecule has 0 amide bonds. The standard InChI is InChI=1S/C11H15BrN6/c1-5-13-11-6(2)8(14-7(3)15-11)9-10(12)16-17-18(9)4/h5H2,1-4H3,(H,13,14,15). The van der Waals surface area contributed by atoms with Crippen molar-refractivity contribution in [2.24, 2.45) is 7.05 Å². The number of aromatic nitrogens is 5. The van der Waals surface area contributed by atoms with Crippen molar-refractivity contribution in [2.45, 2.75) is 20.8 Å². The zero-order valence-corrected chi connectivity index (χ0v) is 12.4. The molecule has 0 aliphatic heterocycles. The summed E-state index contributed by atoms with van der Waals surface area (Å²) in [6, 6.07) is 0. The van der Waals surface area contributed by atoms with Crippen LogP contribution in [0.4, 0.5) is 5.82 Å². The molecule has 2 aromatic heterocycles. The molecule has 0 unspecified atom stereocenters. The Labute approximate surface area is 114 Å². The number of aryl methyl sites for hydroxylation is 2. The normalized spacial score (nSPS) is 10.7. The second kappa shape index (κ2) is 5.01. The highest BCUT2D eigenvalue weighted by molar-refractivity contribution is 9.10. The molecule has 96 valence electrons. The van der Waals surface area contributed by atoms with Gasteiger partial charge in [-0.1, -0.05) is 5.21 Å². The summed E-state index contributed by atoms with van der Waals surface area (Å²) in [7, 11) is 1.84. The van der Waals surface area contributed by atoms with Crippen molar-refractivity contribution in [1.29, 1.82) is 0 Å². The van der Waals surface area contributed by atoms with Gasteiger partial charge in [-0.05, 0) is 36.7 Å². The second-order valence-corrected chi connectivity index (χ2v) is 4.73. The Hall–Kier alpha value is -1.50. The smallest absolute Gasteiger partial charge is 0.157 e.